The fourth-order valence-corrected chi connectivity index (χ4v) is 2.54. The summed E-state index contributed by atoms with van der Waals surface area (Å²) in [6.07, 6.45) is 0.155. The molecule has 6 nitrogen and oxygen atoms in total. The minimum atomic E-state index is -0.937. The molecule has 0 spiro atoms. The second-order valence-electron chi connectivity index (χ2n) is 6.23. The summed E-state index contributed by atoms with van der Waals surface area (Å²) in [5.74, 6) is -0.658. The van der Waals surface area contributed by atoms with Crippen LogP contribution >= 0.6 is 0 Å². The topological polar surface area (TPSA) is 104 Å². The van der Waals surface area contributed by atoms with E-state index < -0.39 is 30.4 Å². The first kappa shape index (κ1) is 22.0. The first-order valence-corrected chi connectivity index (χ1v) is 8.51. The molecule has 23 heavy (non-hydrogen) atoms. The molecule has 0 aromatic carbocycles. The van der Waals surface area contributed by atoms with E-state index >= 15 is 0 Å². The Kier molecular flexibility index (Phi) is 11.9. The number of hydrogen-bond acceptors (Lipinski definition) is 6. The molecule has 0 saturated carbocycles. The van der Waals surface area contributed by atoms with E-state index in [1.807, 2.05) is 13.8 Å². The van der Waals surface area contributed by atoms with Crippen molar-refractivity contribution in [3.63, 3.8) is 0 Å². The summed E-state index contributed by atoms with van der Waals surface area (Å²) >= 11 is 0. The van der Waals surface area contributed by atoms with E-state index in [1.165, 1.54) is 6.92 Å². The van der Waals surface area contributed by atoms with Crippen molar-refractivity contribution in [2.24, 2.45) is 0 Å². The molecule has 0 heterocycles. The maximum Gasteiger partial charge on any atom is 0.308 e. The van der Waals surface area contributed by atoms with E-state index in [4.69, 9.17) is 4.74 Å². The van der Waals surface area contributed by atoms with Gasteiger partial charge >= 0.3 is 5.97 Å². The highest BCUT2D eigenvalue weighted by Crippen LogP contribution is 2.15. The van der Waals surface area contributed by atoms with E-state index in [2.05, 4.69) is 0 Å². The van der Waals surface area contributed by atoms with Crippen molar-refractivity contribution in [3.05, 3.63) is 0 Å². The zero-order valence-electron chi connectivity index (χ0n) is 14.5. The van der Waals surface area contributed by atoms with E-state index in [-0.39, 0.29) is 31.5 Å². The SMILES string of the molecule is CCCC(O)CC(O)CC(=O)OC(CCC)CC(O)CC(C)=O. The number of Topliss-reactive ketones (excluding diaryl/α,β-unsaturated/α-hetero) is 1. The van der Waals surface area contributed by atoms with Gasteiger partial charge in [-0.15, -0.1) is 0 Å². The number of hydrogen-bond donors (Lipinski definition) is 3. The molecular formula is C17H32O6. The number of carbonyl (C=O) groups excluding carboxylic acids is 2. The lowest BCUT2D eigenvalue weighted by atomic mass is 10.0. The van der Waals surface area contributed by atoms with Crippen LogP contribution < -0.4 is 0 Å². The van der Waals surface area contributed by atoms with Crippen molar-refractivity contribution in [2.45, 2.75) is 96.6 Å². The summed E-state index contributed by atoms with van der Waals surface area (Å²) in [6, 6.07) is 0. The number of rotatable bonds is 13. The van der Waals surface area contributed by atoms with Crippen LogP contribution in [0.15, 0.2) is 0 Å². The van der Waals surface area contributed by atoms with Gasteiger partial charge in [0, 0.05) is 12.8 Å². The van der Waals surface area contributed by atoms with Crippen LogP contribution in [0.3, 0.4) is 0 Å². The lowest BCUT2D eigenvalue weighted by Gasteiger charge is -2.21. The van der Waals surface area contributed by atoms with Gasteiger partial charge in [-0.2, -0.15) is 0 Å². The van der Waals surface area contributed by atoms with Gasteiger partial charge in [0.05, 0.1) is 24.7 Å². The van der Waals surface area contributed by atoms with Gasteiger partial charge < -0.3 is 20.1 Å². The zero-order valence-corrected chi connectivity index (χ0v) is 14.5. The minimum Gasteiger partial charge on any atom is -0.462 e. The van der Waals surface area contributed by atoms with Crippen LogP contribution in [0.5, 0.6) is 0 Å². The number of aliphatic hydroxyl groups is 3. The Morgan fingerprint density at radius 3 is 1.96 bits per heavy atom. The fraction of sp³-hybridized carbons (Fsp3) is 0.882. The van der Waals surface area contributed by atoms with Gasteiger partial charge in [-0.25, -0.2) is 0 Å². The molecule has 0 aromatic heterocycles. The molecular weight excluding hydrogens is 300 g/mol. The Morgan fingerprint density at radius 2 is 1.43 bits per heavy atom. The van der Waals surface area contributed by atoms with Gasteiger partial charge in [-0.3, -0.25) is 9.59 Å². The second kappa shape index (κ2) is 12.4. The maximum absolute atomic E-state index is 11.9. The Bertz CT molecular complexity index is 344. The van der Waals surface area contributed by atoms with Crippen molar-refractivity contribution in [2.75, 3.05) is 0 Å². The standard InChI is InChI=1S/C17H32O6/c1-4-6-13(19)9-15(21)11-17(22)23-16(7-5-2)10-14(20)8-12(3)18/h13-16,19-21H,4-11H2,1-3H3. The lowest BCUT2D eigenvalue weighted by Crippen LogP contribution is -2.28. The van der Waals surface area contributed by atoms with E-state index in [9.17, 15) is 24.9 Å². The van der Waals surface area contributed by atoms with Gasteiger partial charge in [-0.05, 0) is 26.2 Å². The van der Waals surface area contributed by atoms with Crippen molar-refractivity contribution in [3.8, 4) is 0 Å². The first-order chi connectivity index (χ1) is 10.8. The van der Waals surface area contributed by atoms with Gasteiger partial charge in [0.25, 0.3) is 0 Å². The van der Waals surface area contributed by atoms with Crippen LogP contribution in [-0.4, -0.2) is 51.5 Å². The lowest BCUT2D eigenvalue weighted by molar-refractivity contribution is -0.153. The van der Waals surface area contributed by atoms with Crippen molar-refractivity contribution in [1.82, 2.24) is 0 Å². The largest absolute Gasteiger partial charge is 0.462 e. The van der Waals surface area contributed by atoms with E-state index in [0.717, 1.165) is 12.8 Å². The minimum absolute atomic E-state index is 0.0452. The Labute approximate surface area is 138 Å². The predicted molar refractivity (Wildman–Crippen MR) is 86.9 cm³/mol. The molecule has 3 N–H and O–H groups in total. The Hall–Kier alpha value is -0.980. The van der Waals surface area contributed by atoms with Crippen LogP contribution in [0.4, 0.5) is 0 Å². The summed E-state index contributed by atoms with van der Waals surface area (Å²) < 4.78 is 5.30. The third-order valence-corrected chi connectivity index (χ3v) is 3.54. The Morgan fingerprint density at radius 1 is 0.870 bits per heavy atom. The van der Waals surface area contributed by atoms with Crippen molar-refractivity contribution in [1.29, 1.82) is 0 Å². The highest BCUT2D eigenvalue weighted by Gasteiger charge is 2.22. The van der Waals surface area contributed by atoms with Gasteiger partial charge in [0.1, 0.15) is 11.9 Å². The number of esters is 1. The molecule has 0 radical (unpaired) electrons. The normalized spacial score (nSPS) is 16.4. The molecule has 0 saturated heterocycles. The molecule has 0 rings (SSSR count). The van der Waals surface area contributed by atoms with Crippen molar-refractivity contribution >= 4 is 11.8 Å². The predicted octanol–water partition coefficient (Wildman–Crippen LogP) is 1.73. The van der Waals surface area contributed by atoms with E-state index in [1.54, 1.807) is 0 Å². The zero-order chi connectivity index (χ0) is 17.8. The summed E-state index contributed by atoms with van der Waals surface area (Å²) in [4.78, 5) is 22.9. The van der Waals surface area contributed by atoms with Crippen LogP contribution in [0.1, 0.15) is 72.1 Å². The molecule has 4 unspecified atom stereocenters. The summed E-state index contributed by atoms with van der Waals surface area (Å²) in [7, 11) is 0. The van der Waals surface area contributed by atoms with Gasteiger partial charge in [-0.1, -0.05) is 26.7 Å². The summed E-state index contributed by atoms with van der Waals surface area (Å²) in [6.45, 7) is 5.28. The third kappa shape index (κ3) is 12.1. The first-order valence-electron chi connectivity index (χ1n) is 8.51. The highest BCUT2D eigenvalue weighted by atomic mass is 16.5. The van der Waals surface area contributed by atoms with Crippen LogP contribution in [0.2, 0.25) is 0 Å². The number of ketones is 1. The smallest absolute Gasteiger partial charge is 0.308 e. The fourth-order valence-electron chi connectivity index (χ4n) is 2.54. The van der Waals surface area contributed by atoms with Crippen LogP contribution in [-0.2, 0) is 14.3 Å². The molecule has 136 valence electrons. The molecule has 4 atom stereocenters. The average molecular weight is 332 g/mol. The number of carbonyl (C=O) groups is 2. The second-order valence-corrected chi connectivity index (χ2v) is 6.23. The van der Waals surface area contributed by atoms with Gasteiger partial charge in [0.15, 0.2) is 0 Å². The van der Waals surface area contributed by atoms with Gasteiger partial charge in [0.2, 0.25) is 0 Å². The molecule has 6 heteroatoms. The molecule has 0 bridgehead atoms. The molecule has 0 aromatic rings. The van der Waals surface area contributed by atoms with Crippen LogP contribution in [0, 0.1) is 0 Å². The molecule has 0 aliphatic rings. The molecule has 0 aliphatic heterocycles. The molecule has 0 fully saturated rings. The average Bonchev–Trinajstić information content (AvgIpc) is 2.37. The summed E-state index contributed by atoms with van der Waals surface area (Å²) in [5, 5.41) is 29.2. The highest BCUT2D eigenvalue weighted by molar-refractivity contribution is 5.75. The van der Waals surface area contributed by atoms with Crippen LogP contribution in [0.25, 0.3) is 0 Å². The van der Waals surface area contributed by atoms with E-state index in [0.29, 0.717) is 12.8 Å². The monoisotopic (exact) mass is 332 g/mol. The molecule has 0 aliphatic carbocycles. The Balaban J connectivity index is 4.29. The number of aliphatic hydroxyl groups excluding tert-OH is 3. The molecule has 0 amide bonds. The maximum atomic E-state index is 11.9. The third-order valence-electron chi connectivity index (χ3n) is 3.54. The summed E-state index contributed by atoms with van der Waals surface area (Å²) in [5.41, 5.74) is 0. The van der Waals surface area contributed by atoms with Crippen molar-refractivity contribution < 1.29 is 29.6 Å². The quantitative estimate of drug-likeness (QED) is 0.444. The number of ether oxygens (including phenoxy) is 1.